The molecule has 0 saturated carbocycles. The monoisotopic (exact) mass is 187 g/mol. The molecular formula is C10H21NO2. The zero-order valence-corrected chi connectivity index (χ0v) is 8.86. The lowest BCUT2D eigenvalue weighted by atomic mass is 10.1. The standard InChI is InChI=1S/C10H21NO2/c1-4-6-11(7-5-2)10(8-12)9(3)13/h8-10,13H,4-7H2,1-3H3. The quantitative estimate of drug-likeness (QED) is 0.606. The zero-order chi connectivity index (χ0) is 10.3. The lowest BCUT2D eigenvalue weighted by Crippen LogP contribution is -2.44. The Labute approximate surface area is 80.7 Å². The molecule has 0 heterocycles. The van der Waals surface area contributed by atoms with Crippen LogP contribution < -0.4 is 0 Å². The van der Waals surface area contributed by atoms with Crippen molar-refractivity contribution < 1.29 is 9.90 Å². The Balaban J connectivity index is 4.19. The highest BCUT2D eigenvalue weighted by Crippen LogP contribution is 2.04. The van der Waals surface area contributed by atoms with E-state index in [0.29, 0.717) is 0 Å². The van der Waals surface area contributed by atoms with Gasteiger partial charge in [0, 0.05) is 0 Å². The Morgan fingerprint density at radius 1 is 1.31 bits per heavy atom. The summed E-state index contributed by atoms with van der Waals surface area (Å²) in [6, 6.07) is -0.333. The minimum absolute atomic E-state index is 0.333. The van der Waals surface area contributed by atoms with E-state index in [1.165, 1.54) is 0 Å². The summed E-state index contributed by atoms with van der Waals surface area (Å²) in [6.45, 7) is 7.57. The first-order chi connectivity index (χ1) is 6.17. The van der Waals surface area contributed by atoms with Crippen molar-refractivity contribution in [2.45, 2.75) is 45.8 Å². The molecule has 0 rings (SSSR count). The number of aliphatic hydroxyl groups is 1. The van der Waals surface area contributed by atoms with Crippen molar-refractivity contribution in [2.75, 3.05) is 13.1 Å². The fraction of sp³-hybridized carbons (Fsp3) is 0.900. The number of hydrogen-bond donors (Lipinski definition) is 1. The maximum Gasteiger partial charge on any atom is 0.139 e. The van der Waals surface area contributed by atoms with Gasteiger partial charge in [0.25, 0.3) is 0 Å². The molecule has 2 atom stereocenters. The molecule has 2 unspecified atom stereocenters. The van der Waals surface area contributed by atoms with E-state index in [1.807, 2.05) is 4.90 Å². The number of carbonyl (C=O) groups is 1. The average molecular weight is 187 g/mol. The van der Waals surface area contributed by atoms with E-state index in [9.17, 15) is 9.90 Å². The van der Waals surface area contributed by atoms with E-state index in [4.69, 9.17) is 0 Å². The SMILES string of the molecule is CCCN(CCC)C(C=O)C(C)O. The normalized spacial score (nSPS) is 15.8. The summed E-state index contributed by atoms with van der Waals surface area (Å²) in [5.41, 5.74) is 0. The minimum atomic E-state index is -0.574. The molecule has 0 saturated heterocycles. The van der Waals surface area contributed by atoms with Crippen LogP contribution in [-0.2, 0) is 4.79 Å². The second-order valence-corrected chi connectivity index (χ2v) is 3.40. The molecule has 0 bridgehead atoms. The topological polar surface area (TPSA) is 40.5 Å². The van der Waals surface area contributed by atoms with Crippen LogP contribution in [-0.4, -0.2) is 41.5 Å². The van der Waals surface area contributed by atoms with E-state index in [-0.39, 0.29) is 6.04 Å². The number of rotatable bonds is 7. The third kappa shape index (κ3) is 4.39. The molecule has 0 aliphatic heterocycles. The van der Waals surface area contributed by atoms with Crippen molar-refractivity contribution in [3.8, 4) is 0 Å². The molecule has 3 nitrogen and oxygen atoms in total. The second-order valence-electron chi connectivity index (χ2n) is 3.40. The summed E-state index contributed by atoms with van der Waals surface area (Å²) in [5, 5.41) is 9.36. The fourth-order valence-corrected chi connectivity index (χ4v) is 1.49. The molecule has 0 aliphatic rings. The van der Waals surface area contributed by atoms with Crippen LogP contribution >= 0.6 is 0 Å². The van der Waals surface area contributed by atoms with Crippen molar-refractivity contribution in [1.29, 1.82) is 0 Å². The first-order valence-corrected chi connectivity index (χ1v) is 5.04. The van der Waals surface area contributed by atoms with E-state index in [0.717, 1.165) is 32.2 Å². The molecular weight excluding hydrogens is 166 g/mol. The first-order valence-electron chi connectivity index (χ1n) is 5.04. The van der Waals surface area contributed by atoms with Gasteiger partial charge < -0.3 is 9.90 Å². The molecule has 0 aromatic carbocycles. The van der Waals surface area contributed by atoms with Crippen molar-refractivity contribution >= 4 is 6.29 Å². The smallest absolute Gasteiger partial charge is 0.139 e. The van der Waals surface area contributed by atoms with Crippen molar-refractivity contribution in [1.82, 2.24) is 4.90 Å². The Bertz CT molecular complexity index is 131. The van der Waals surface area contributed by atoms with E-state index < -0.39 is 6.10 Å². The maximum absolute atomic E-state index is 10.7. The first kappa shape index (κ1) is 12.6. The lowest BCUT2D eigenvalue weighted by molar-refractivity contribution is -0.115. The van der Waals surface area contributed by atoms with E-state index in [1.54, 1.807) is 6.92 Å². The predicted molar refractivity (Wildman–Crippen MR) is 53.7 cm³/mol. The highest BCUT2D eigenvalue weighted by Gasteiger charge is 2.20. The third-order valence-corrected chi connectivity index (χ3v) is 2.08. The average Bonchev–Trinajstić information content (AvgIpc) is 2.05. The number of aliphatic hydroxyl groups excluding tert-OH is 1. The summed E-state index contributed by atoms with van der Waals surface area (Å²) in [4.78, 5) is 12.8. The van der Waals surface area contributed by atoms with Gasteiger partial charge in [0.15, 0.2) is 0 Å². The van der Waals surface area contributed by atoms with Crippen molar-refractivity contribution in [3.05, 3.63) is 0 Å². The van der Waals surface area contributed by atoms with Crippen LogP contribution in [0.4, 0.5) is 0 Å². The van der Waals surface area contributed by atoms with Gasteiger partial charge in [-0.3, -0.25) is 4.90 Å². The number of aldehydes is 1. The molecule has 1 N–H and O–H groups in total. The molecule has 0 amide bonds. The maximum atomic E-state index is 10.7. The molecule has 0 radical (unpaired) electrons. The van der Waals surface area contributed by atoms with Gasteiger partial charge in [-0.15, -0.1) is 0 Å². The Kier molecular flexibility index (Phi) is 6.82. The molecule has 0 fully saturated rings. The van der Waals surface area contributed by atoms with Crippen LogP contribution in [0, 0.1) is 0 Å². The molecule has 0 aromatic rings. The number of nitrogens with zero attached hydrogens (tertiary/aromatic N) is 1. The number of carbonyl (C=O) groups excluding carboxylic acids is 1. The number of hydrogen-bond acceptors (Lipinski definition) is 3. The van der Waals surface area contributed by atoms with Crippen molar-refractivity contribution in [3.63, 3.8) is 0 Å². The summed E-state index contributed by atoms with van der Waals surface area (Å²) in [5.74, 6) is 0. The molecule has 0 aromatic heterocycles. The van der Waals surface area contributed by atoms with Gasteiger partial charge in [0.05, 0.1) is 12.1 Å². The van der Waals surface area contributed by atoms with Gasteiger partial charge >= 0.3 is 0 Å². The van der Waals surface area contributed by atoms with E-state index in [2.05, 4.69) is 13.8 Å². The molecule has 3 heteroatoms. The van der Waals surface area contributed by atoms with Gasteiger partial charge in [-0.1, -0.05) is 13.8 Å². The predicted octanol–water partition coefficient (Wildman–Crippen LogP) is 1.06. The Hall–Kier alpha value is -0.410. The Morgan fingerprint density at radius 3 is 2.00 bits per heavy atom. The highest BCUT2D eigenvalue weighted by molar-refractivity contribution is 5.58. The van der Waals surface area contributed by atoms with Crippen LogP contribution in [0.1, 0.15) is 33.6 Å². The van der Waals surface area contributed by atoms with E-state index >= 15 is 0 Å². The largest absolute Gasteiger partial charge is 0.391 e. The molecule has 78 valence electrons. The van der Waals surface area contributed by atoms with Gasteiger partial charge in [0.2, 0.25) is 0 Å². The van der Waals surface area contributed by atoms with Crippen molar-refractivity contribution in [2.24, 2.45) is 0 Å². The molecule has 13 heavy (non-hydrogen) atoms. The molecule has 0 aliphatic carbocycles. The lowest BCUT2D eigenvalue weighted by Gasteiger charge is -2.28. The Morgan fingerprint density at radius 2 is 1.77 bits per heavy atom. The summed E-state index contributed by atoms with van der Waals surface area (Å²) in [6.07, 6.45) is 2.29. The van der Waals surface area contributed by atoms with Gasteiger partial charge in [-0.2, -0.15) is 0 Å². The fourth-order valence-electron chi connectivity index (χ4n) is 1.49. The zero-order valence-electron chi connectivity index (χ0n) is 8.86. The van der Waals surface area contributed by atoms with Gasteiger partial charge in [-0.05, 0) is 32.9 Å². The van der Waals surface area contributed by atoms with Gasteiger partial charge in [-0.25, -0.2) is 0 Å². The third-order valence-electron chi connectivity index (χ3n) is 2.08. The van der Waals surface area contributed by atoms with Crippen LogP contribution in [0.25, 0.3) is 0 Å². The van der Waals surface area contributed by atoms with Crippen LogP contribution in [0.2, 0.25) is 0 Å². The summed E-state index contributed by atoms with van der Waals surface area (Å²) < 4.78 is 0. The summed E-state index contributed by atoms with van der Waals surface area (Å²) in [7, 11) is 0. The molecule has 0 spiro atoms. The van der Waals surface area contributed by atoms with Crippen LogP contribution in [0.15, 0.2) is 0 Å². The van der Waals surface area contributed by atoms with Crippen LogP contribution in [0.3, 0.4) is 0 Å². The summed E-state index contributed by atoms with van der Waals surface area (Å²) >= 11 is 0. The minimum Gasteiger partial charge on any atom is -0.391 e. The highest BCUT2D eigenvalue weighted by atomic mass is 16.3. The van der Waals surface area contributed by atoms with Crippen LogP contribution in [0.5, 0.6) is 0 Å². The second kappa shape index (κ2) is 7.04. The van der Waals surface area contributed by atoms with Gasteiger partial charge in [0.1, 0.15) is 6.29 Å².